The van der Waals surface area contributed by atoms with Gasteiger partial charge < -0.3 is 9.84 Å². The molecule has 25 heavy (non-hydrogen) atoms. The molecule has 0 aliphatic rings. The number of hydrogen-bond acceptors (Lipinski definition) is 2. The fourth-order valence-corrected chi connectivity index (χ4v) is 2.61. The average molecular weight is 346 g/mol. The molecule has 0 fully saturated rings. The minimum absolute atomic E-state index is 0.322. The largest absolute Gasteiger partial charge is 0.497 e. The smallest absolute Gasteiger partial charge is 0.131 e. The lowest BCUT2D eigenvalue weighted by Gasteiger charge is -2.28. The molecule has 0 aromatic heterocycles. The van der Waals surface area contributed by atoms with Gasteiger partial charge in [-0.2, -0.15) is 0 Å². The third kappa shape index (κ3) is 5.05. The highest BCUT2D eigenvalue weighted by Gasteiger charge is 2.27. The first-order chi connectivity index (χ1) is 11.8. The van der Waals surface area contributed by atoms with Crippen molar-refractivity contribution in [3.05, 3.63) is 53.3 Å². The van der Waals surface area contributed by atoms with Gasteiger partial charge >= 0.3 is 0 Å². The van der Waals surface area contributed by atoms with E-state index in [4.69, 9.17) is 4.74 Å². The van der Waals surface area contributed by atoms with E-state index in [0.29, 0.717) is 16.9 Å². The summed E-state index contributed by atoms with van der Waals surface area (Å²) in [4.78, 5) is 0. The minimum atomic E-state index is -0.686. The Morgan fingerprint density at radius 1 is 1.04 bits per heavy atom. The Labute approximate surface area is 151 Å². The van der Waals surface area contributed by atoms with Crippen LogP contribution in [0.3, 0.4) is 0 Å². The molecular weight excluding hydrogens is 315 g/mol. The van der Waals surface area contributed by atoms with Gasteiger partial charge in [-0.25, -0.2) is 4.39 Å². The Morgan fingerprint density at radius 3 is 2.20 bits per heavy atom. The molecule has 0 spiro atoms. The molecule has 2 aromatic rings. The summed E-state index contributed by atoms with van der Waals surface area (Å²) in [7, 11) is 1.56. The van der Waals surface area contributed by atoms with Crippen LogP contribution in [-0.2, 0) is 6.42 Å². The predicted molar refractivity (Wildman–Crippen MR) is 104 cm³/mol. The Balaban J connectivity index is 0.00000151. The van der Waals surface area contributed by atoms with Gasteiger partial charge in [-0.05, 0) is 46.7 Å². The molecule has 0 radical (unpaired) electrons. The number of ether oxygens (including phenoxy) is 1. The molecular formula is C22H31FO2. The molecule has 1 atom stereocenters. The van der Waals surface area contributed by atoms with E-state index in [1.165, 1.54) is 6.07 Å². The number of halogens is 1. The maximum atomic E-state index is 14.4. The Bertz CT molecular complexity index is 687. The van der Waals surface area contributed by atoms with E-state index >= 15 is 0 Å². The Kier molecular flexibility index (Phi) is 7.62. The fourth-order valence-electron chi connectivity index (χ4n) is 2.61. The van der Waals surface area contributed by atoms with Crippen LogP contribution in [0.25, 0.3) is 11.1 Å². The summed E-state index contributed by atoms with van der Waals surface area (Å²) in [5.41, 5.74) is 2.70. The van der Waals surface area contributed by atoms with E-state index in [0.717, 1.165) is 17.5 Å². The van der Waals surface area contributed by atoms with Crippen LogP contribution in [0, 0.1) is 11.2 Å². The van der Waals surface area contributed by atoms with Crippen LogP contribution in [0.5, 0.6) is 5.75 Å². The van der Waals surface area contributed by atoms with Crippen LogP contribution in [0.1, 0.15) is 58.8 Å². The van der Waals surface area contributed by atoms with Gasteiger partial charge in [0.2, 0.25) is 0 Å². The summed E-state index contributed by atoms with van der Waals surface area (Å²) in [5.74, 6) is 0.273. The van der Waals surface area contributed by atoms with Crippen LogP contribution < -0.4 is 4.74 Å². The van der Waals surface area contributed by atoms with E-state index in [-0.39, 0.29) is 11.2 Å². The van der Waals surface area contributed by atoms with Crippen molar-refractivity contribution in [2.24, 2.45) is 5.41 Å². The lowest BCUT2D eigenvalue weighted by Crippen LogP contribution is -2.19. The molecule has 2 aromatic carbocycles. The van der Waals surface area contributed by atoms with Gasteiger partial charge in [-0.1, -0.05) is 59.7 Å². The van der Waals surface area contributed by atoms with Crippen molar-refractivity contribution in [2.45, 2.75) is 54.1 Å². The maximum Gasteiger partial charge on any atom is 0.131 e. The number of rotatable bonds is 4. The van der Waals surface area contributed by atoms with Crippen LogP contribution in [0.4, 0.5) is 4.39 Å². The van der Waals surface area contributed by atoms with Crippen molar-refractivity contribution in [3.63, 3.8) is 0 Å². The molecule has 0 amide bonds. The molecule has 0 aliphatic carbocycles. The van der Waals surface area contributed by atoms with Gasteiger partial charge in [0.25, 0.3) is 0 Å². The van der Waals surface area contributed by atoms with Crippen molar-refractivity contribution in [1.82, 2.24) is 0 Å². The lowest BCUT2D eigenvalue weighted by molar-refractivity contribution is 0.0631. The van der Waals surface area contributed by atoms with Crippen molar-refractivity contribution < 1.29 is 14.2 Å². The summed E-state index contributed by atoms with van der Waals surface area (Å²) in [5, 5.41) is 10.8. The zero-order chi connectivity index (χ0) is 19.2. The van der Waals surface area contributed by atoms with Crippen LogP contribution in [-0.4, -0.2) is 12.2 Å². The maximum absolute atomic E-state index is 14.4. The van der Waals surface area contributed by atoms with Gasteiger partial charge in [-0.15, -0.1) is 0 Å². The molecule has 1 N–H and O–H groups in total. The number of methoxy groups -OCH3 is 1. The second-order valence-electron chi connectivity index (χ2n) is 6.89. The number of benzene rings is 2. The zero-order valence-corrected chi connectivity index (χ0v) is 16.5. The fraction of sp³-hybridized carbons (Fsp3) is 0.455. The molecule has 0 bridgehead atoms. The summed E-state index contributed by atoms with van der Waals surface area (Å²) >= 11 is 0. The molecule has 0 aliphatic heterocycles. The zero-order valence-electron chi connectivity index (χ0n) is 16.5. The number of hydrogen-bond donors (Lipinski definition) is 1. The Morgan fingerprint density at radius 2 is 1.68 bits per heavy atom. The first-order valence-electron chi connectivity index (χ1n) is 8.92. The highest BCUT2D eigenvalue weighted by atomic mass is 19.1. The van der Waals surface area contributed by atoms with Crippen molar-refractivity contribution in [2.75, 3.05) is 7.11 Å². The molecule has 2 rings (SSSR count). The first-order valence-corrected chi connectivity index (χ1v) is 8.92. The quantitative estimate of drug-likeness (QED) is 0.717. The monoisotopic (exact) mass is 346 g/mol. The van der Waals surface area contributed by atoms with Crippen molar-refractivity contribution in [3.8, 4) is 16.9 Å². The van der Waals surface area contributed by atoms with Crippen molar-refractivity contribution >= 4 is 0 Å². The molecule has 138 valence electrons. The molecule has 0 saturated heterocycles. The second-order valence-corrected chi connectivity index (χ2v) is 6.89. The minimum Gasteiger partial charge on any atom is -0.497 e. The third-order valence-electron chi connectivity index (χ3n) is 4.10. The van der Waals surface area contributed by atoms with Gasteiger partial charge in [0.05, 0.1) is 13.2 Å². The summed E-state index contributed by atoms with van der Waals surface area (Å²) in [6, 6.07) is 10.5. The molecule has 1 unspecified atom stereocenters. The average Bonchev–Trinajstić information content (AvgIpc) is 2.62. The van der Waals surface area contributed by atoms with Gasteiger partial charge in [0.15, 0.2) is 0 Å². The van der Waals surface area contributed by atoms with Gasteiger partial charge in [0, 0.05) is 5.56 Å². The normalized spacial score (nSPS) is 12.2. The van der Waals surface area contributed by atoms with E-state index in [1.807, 2.05) is 52.8 Å². The second kappa shape index (κ2) is 9.00. The van der Waals surface area contributed by atoms with Crippen LogP contribution in [0.2, 0.25) is 0 Å². The Hall–Kier alpha value is -1.87. The van der Waals surface area contributed by atoms with E-state index in [9.17, 15) is 9.50 Å². The summed E-state index contributed by atoms with van der Waals surface area (Å²) < 4.78 is 19.6. The molecule has 3 heteroatoms. The first kappa shape index (κ1) is 21.2. The number of aliphatic hydroxyl groups is 1. The molecule has 0 saturated carbocycles. The number of aliphatic hydroxyl groups excluding tert-OH is 1. The van der Waals surface area contributed by atoms with E-state index in [2.05, 4.69) is 6.92 Å². The lowest BCUT2D eigenvalue weighted by atomic mass is 9.81. The molecule has 2 nitrogen and oxygen atoms in total. The number of aryl methyl sites for hydroxylation is 1. The van der Waals surface area contributed by atoms with Crippen LogP contribution in [0.15, 0.2) is 36.4 Å². The van der Waals surface area contributed by atoms with E-state index < -0.39 is 6.10 Å². The summed E-state index contributed by atoms with van der Waals surface area (Å²) in [6.07, 6.45) is 0.180. The summed E-state index contributed by atoms with van der Waals surface area (Å²) in [6.45, 7) is 12.0. The van der Waals surface area contributed by atoms with Gasteiger partial charge in [0.1, 0.15) is 11.6 Å². The highest BCUT2D eigenvalue weighted by molar-refractivity contribution is 5.70. The predicted octanol–water partition coefficient (Wildman–Crippen LogP) is 6.17. The van der Waals surface area contributed by atoms with Crippen molar-refractivity contribution in [1.29, 1.82) is 0 Å². The van der Waals surface area contributed by atoms with Gasteiger partial charge in [-0.3, -0.25) is 0 Å². The molecule has 0 heterocycles. The van der Waals surface area contributed by atoms with Crippen LogP contribution >= 0.6 is 0 Å². The topological polar surface area (TPSA) is 29.5 Å². The highest BCUT2D eigenvalue weighted by Crippen LogP contribution is 2.40. The van der Waals surface area contributed by atoms with E-state index in [1.54, 1.807) is 19.2 Å². The third-order valence-corrected chi connectivity index (χ3v) is 4.10. The SMILES string of the molecule is CC.CCc1ccc(-c2cc(OC)ccc2F)c(C(O)C(C)(C)C)c1. The standard InChI is InChI=1S/C20H25FO2.C2H6/c1-6-13-7-9-15(17(11-13)19(22)20(2,3)4)16-12-14(23-5)8-10-18(16)21;1-2/h7-12,19,22H,6H2,1-5H3;1-2H3.